The molecule has 1 heterocycles. The van der Waals surface area contributed by atoms with E-state index in [0.29, 0.717) is 12.5 Å². The van der Waals surface area contributed by atoms with E-state index in [1.54, 1.807) is 4.90 Å². The van der Waals surface area contributed by atoms with Crippen LogP contribution in [0.2, 0.25) is 0 Å². The van der Waals surface area contributed by atoms with Gasteiger partial charge in [-0.05, 0) is 33.4 Å². The SMILES string of the molecule is CCC(CC(=O)O)NC(=O)N1CCC(N(C)C)CC1. The standard InChI is InChI=1S/C13H25N3O3/c1-4-10(9-12(17)18)14-13(19)16-7-5-11(6-8-16)15(2)3/h10-11H,4-9H2,1-3H3,(H,14,19)(H,17,18). The molecule has 0 aliphatic carbocycles. The number of carbonyl (C=O) groups is 2. The first-order valence-corrected chi connectivity index (χ1v) is 6.87. The van der Waals surface area contributed by atoms with E-state index >= 15 is 0 Å². The Hall–Kier alpha value is -1.30. The summed E-state index contributed by atoms with van der Waals surface area (Å²) < 4.78 is 0. The molecule has 0 radical (unpaired) electrons. The fourth-order valence-corrected chi connectivity index (χ4v) is 2.36. The van der Waals surface area contributed by atoms with Crippen molar-refractivity contribution in [1.82, 2.24) is 15.1 Å². The predicted molar refractivity (Wildman–Crippen MR) is 73.1 cm³/mol. The zero-order valence-electron chi connectivity index (χ0n) is 12.1. The number of urea groups is 1. The Morgan fingerprint density at radius 2 is 1.95 bits per heavy atom. The van der Waals surface area contributed by atoms with Crippen LogP contribution in [0.25, 0.3) is 0 Å². The Bertz CT molecular complexity index is 312. The molecule has 1 aliphatic rings. The number of nitrogens with zero attached hydrogens (tertiary/aromatic N) is 2. The van der Waals surface area contributed by atoms with Crippen molar-refractivity contribution >= 4 is 12.0 Å². The molecule has 6 nitrogen and oxygen atoms in total. The average Bonchev–Trinajstić information content (AvgIpc) is 2.37. The van der Waals surface area contributed by atoms with Gasteiger partial charge in [0.25, 0.3) is 0 Å². The number of hydrogen-bond donors (Lipinski definition) is 2. The van der Waals surface area contributed by atoms with Crippen molar-refractivity contribution in [2.45, 2.75) is 44.7 Å². The highest BCUT2D eigenvalue weighted by molar-refractivity contribution is 5.76. The zero-order chi connectivity index (χ0) is 14.4. The lowest BCUT2D eigenvalue weighted by Crippen LogP contribution is -2.50. The fraction of sp³-hybridized carbons (Fsp3) is 0.846. The number of rotatable bonds is 5. The van der Waals surface area contributed by atoms with Crippen LogP contribution in [0.1, 0.15) is 32.6 Å². The first kappa shape index (κ1) is 15.8. The number of carbonyl (C=O) groups excluding carboxylic acids is 1. The lowest BCUT2D eigenvalue weighted by Gasteiger charge is -2.35. The number of carboxylic acid groups (broad SMARTS) is 1. The first-order chi connectivity index (χ1) is 8.93. The van der Waals surface area contributed by atoms with Crippen molar-refractivity contribution in [3.63, 3.8) is 0 Å². The second-order valence-electron chi connectivity index (χ2n) is 5.33. The molecule has 110 valence electrons. The van der Waals surface area contributed by atoms with E-state index in [0.717, 1.165) is 25.9 Å². The van der Waals surface area contributed by atoms with E-state index in [-0.39, 0.29) is 18.5 Å². The number of carboxylic acids is 1. The molecule has 0 bridgehead atoms. The van der Waals surface area contributed by atoms with Gasteiger partial charge in [-0.25, -0.2) is 4.79 Å². The molecule has 1 rings (SSSR count). The first-order valence-electron chi connectivity index (χ1n) is 6.87. The minimum Gasteiger partial charge on any atom is -0.481 e. The largest absolute Gasteiger partial charge is 0.481 e. The van der Waals surface area contributed by atoms with Crippen molar-refractivity contribution in [2.24, 2.45) is 0 Å². The molecule has 1 atom stereocenters. The van der Waals surface area contributed by atoms with Crippen LogP contribution in [0, 0.1) is 0 Å². The predicted octanol–water partition coefficient (Wildman–Crippen LogP) is 0.975. The lowest BCUT2D eigenvalue weighted by molar-refractivity contribution is -0.137. The van der Waals surface area contributed by atoms with Crippen LogP contribution in [0.15, 0.2) is 0 Å². The van der Waals surface area contributed by atoms with Gasteiger partial charge in [0.05, 0.1) is 6.42 Å². The maximum atomic E-state index is 12.0. The number of likely N-dealkylation sites (tertiary alicyclic amines) is 1. The van der Waals surface area contributed by atoms with Gasteiger partial charge in [0.2, 0.25) is 0 Å². The van der Waals surface area contributed by atoms with Gasteiger partial charge < -0.3 is 20.2 Å². The highest BCUT2D eigenvalue weighted by atomic mass is 16.4. The number of aliphatic carboxylic acids is 1. The molecule has 0 spiro atoms. The van der Waals surface area contributed by atoms with E-state index in [2.05, 4.69) is 24.3 Å². The zero-order valence-corrected chi connectivity index (χ0v) is 12.1. The summed E-state index contributed by atoms with van der Waals surface area (Å²) in [5.74, 6) is -0.876. The maximum absolute atomic E-state index is 12.0. The van der Waals surface area contributed by atoms with Gasteiger partial charge in [-0.2, -0.15) is 0 Å². The average molecular weight is 271 g/mol. The summed E-state index contributed by atoms with van der Waals surface area (Å²) in [5, 5.41) is 11.6. The van der Waals surface area contributed by atoms with Crippen molar-refractivity contribution in [3.8, 4) is 0 Å². The summed E-state index contributed by atoms with van der Waals surface area (Å²) in [4.78, 5) is 26.7. The van der Waals surface area contributed by atoms with Crippen LogP contribution >= 0.6 is 0 Å². The number of hydrogen-bond acceptors (Lipinski definition) is 3. The monoisotopic (exact) mass is 271 g/mol. The quantitative estimate of drug-likeness (QED) is 0.781. The highest BCUT2D eigenvalue weighted by Crippen LogP contribution is 2.14. The van der Waals surface area contributed by atoms with Crippen molar-refractivity contribution in [3.05, 3.63) is 0 Å². The molecular weight excluding hydrogens is 246 g/mol. The second-order valence-corrected chi connectivity index (χ2v) is 5.33. The third-order valence-corrected chi connectivity index (χ3v) is 3.72. The Morgan fingerprint density at radius 3 is 2.37 bits per heavy atom. The van der Waals surface area contributed by atoms with Gasteiger partial charge in [0, 0.05) is 25.2 Å². The Kier molecular flexibility index (Phi) is 6.08. The maximum Gasteiger partial charge on any atom is 0.317 e. The van der Waals surface area contributed by atoms with Gasteiger partial charge in [0.1, 0.15) is 0 Å². The lowest BCUT2D eigenvalue weighted by atomic mass is 10.0. The van der Waals surface area contributed by atoms with Gasteiger partial charge in [-0.1, -0.05) is 6.92 Å². The highest BCUT2D eigenvalue weighted by Gasteiger charge is 2.25. The van der Waals surface area contributed by atoms with Crippen molar-refractivity contribution in [1.29, 1.82) is 0 Å². The van der Waals surface area contributed by atoms with E-state index in [1.807, 2.05) is 6.92 Å². The van der Waals surface area contributed by atoms with Gasteiger partial charge in [-0.3, -0.25) is 4.79 Å². The summed E-state index contributed by atoms with van der Waals surface area (Å²) >= 11 is 0. The second kappa shape index (κ2) is 7.33. The van der Waals surface area contributed by atoms with Crippen LogP contribution in [0.5, 0.6) is 0 Å². The van der Waals surface area contributed by atoms with Crippen molar-refractivity contribution in [2.75, 3.05) is 27.2 Å². The van der Waals surface area contributed by atoms with E-state index in [1.165, 1.54) is 0 Å². The van der Waals surface area contributed by atoms with Crippen LogP contribution < -0.4 is 5.32 Å². The van der Waals surface area contributed by atoms with E-state index < -0.39 is 5.97 Å². The molecule has 0 aromatic heterocycles. The molecule has 6 heteroatoms. The molecule has 1 unspecified atom stereocenters. The van der Waals surface area contributed by atoms with E-state index in [9.17, 15) is 9.59 Å². The van der Waals surface area contributed by atoms with Gasteiger partial charge in [0.15, 0.2) is 0 Å². The molecule has 0 aromatic rings. The number of piperidine rings is 1. The normalized spacial score (nSPS) is 18.4. The molecule has 1 fully saturated rings. The topological polar surface area (TPSA) is 72.9 Å². The minimum atomic E-state index is -0.876. The molecule has 19 heavy (non-hydrogen) atoms. The molecule has 1 saturated heterocycles. The fourth-order valence-electron chi connectivity index (χ4n) is 2.36. The van der Waals surface area contributed by atoms with Gasteiger partial charge in [-0.15, -0.1) is 0 Å². The van der Waals surface area contributed by atoms with Crippen LogP contribution in [0.3, 0.4) is 0 Å². The third-order valence-electron chi connectivity index (χ3n) is 3.72. The molecular formula is C13H25N3O3. The Labute approximate surface area is 114 Å². The molecule has 2 N–H and O–H groups in total. The molecule has 2 amide bonds. The smallest absolute Gasteiger partial charge is 0.317 e. The number of nitrogens with one attached hydrogen (secondary N) is 1. The summed E-state index contributed by atoms with van der Waals surface area (Å²) in [6.45, 7) is 3.35. The van der Waals surface area contributed by atoms with E-state index in [4.69, 9.17) is 5.11 Å². The Balaban J connectivity index is 2.40. The summed E-state index contributed by atoms with van der Waals surface area (Å²) in [6, 6.07) is 0.118. The van der Waals surface area contributed by atoms with Crippen molar-refractivity contribution < 1.29 is 14.7 Å². The van der Waals surface area contributed by atoms with Crippen LogP contribution in [0.4, 0.5) is 4.79 Å². The minimum absolute atomic E-state index is 0.0175. The number of amides is 2. The third kappa shape index (κ3) is 5.06. The van der Waals surface area contributed by atoms with Crippen LogP contribution in [-0.2, 0) is 4.79 Å². The summed E-state index contributed by atoms with van der Waals surface area (Å²) in [7, 11) is 4.11. The molecule has 0 aromatic carbocycles. The molecule has 0 saturated carbocycles. The van der Waals surface area contributed by atoms with Crippen LogP contribution in [-0.4, -0.2) is 66.2 Å². The van der Waals surface area contributed by atoms with Gasteiger partial charge >= 0.3 is 12.0 Å². The Morgan fingerprint density at radius 1 is 1.37 bits per heavy atom. The summed E-state index contributed by atoms with van der Waals surface area (Å²) in [6.07, 6.45) is 2.55. The summed E-state index contributed by atoms with van der Waals surface area (Å²) in [5.41, 5.74) is 0. The molecule has 1 aliphatic heterocycles.